The summed E-state index contributed by atoms with van der Waals surface area (Å²) in [5.41, 5.74) is 0.674. The first kappa shape index (κ1) is 23.1. The van der Waals surface area contributed by atoms with Crippen LogP contribution in [0.1, 0.15) is 31.1 Å². The zero-order valence-electron chi connectivity index (χ0n) is 16.5. The predicted octanol–water partition coefficient (Wildman–Crippen LogP) is 3.34. The van der Waals surface area contributed by atoms with Gasteiger partial charge in [0.05, 0.1) is 10.5 Å². The zero-order valence-corrected chi connectivity index (χ0v) is 19.0. The molecule has 1 atom stereocenters. The molecule has 0 unspecified atom stereocenters. The summed E-state index contributed by atoms with van der Waals surface area (Å²) in [5, 5.41) is 0. The molecule has 1 amide bonds. The molecule has 29 heavy (non-hydrogen) atoms. The Hall–Kier alpha value is -2.23. The Morgan fingerprint density at radius 3 is 2.28 bits per heavy atom. The zero-order chi connectivity index (χ0) is 21.8. The highest BCUT2D eigenvalue weighted by Gasteiger charge is 2.25. The molecule has 7 nitrogen and oxygen atoms in total. The van der Waals surface area contributed by atoms with E-state index in [0.717, 1.165) is 0 Å². The number of anilines is 1. The molecule has 0 aliphatic heterocycles. The maximum Gasteiger partial charge on any atom is 0.340 e. The van der Waals surface area contributed by atoms with E-state index in [9.17, 15) is 18.0 Å². The number of nitrogens with zero attached hydrogens (tertiary/aromatic N) is 1. The second kappa shape index (κ2) is 9.51. The quantitative estimate of drug-likeness (QED) is 0.610. The van der Waals surface area contributed by atoms with Gasteiger partial charge in [-0.2, -0.15) is 0 Å². The van der Waals surface area contributed by atoms with Crippen molar-refractivity contribution in [1.29, 1.82) is 0 Å². The van der Waals surface area contributed by atoms with Gasteiger partial charge in [0.25, 0.3) is 5.91 Å². The Morgan fingerprint density at radius 2 is 1.69 bits per heavy atom. The number of amides is 1. The summed E-state index contributed by atoms with van der Waals surface area (Å²) in [7, 11) is -2.19. The van der Waals surface area contributed by atoms with Crippen LogP contribution in [0.25, 0.3) is 0 Å². The van der Waals surface area contributed by atoms with E-state index in [4.69, 9.17) is 4.74 Å². The number of rotatable bonds is 7. The van der Waals surface area contributed by atoms with Crippen molar-refractivity contribution in [3.63, 3.8) is 0 Å². The molecule has 0 fully saturated rings. The molecular formula is C20H23BrN2O5S. The minimum Gasteiger partial charge on any atom is -0.449 e. The third kappa shape index (κ3) is 5.88. The molecule has 2 aromatic rings. The lowest BCUT2D eigenvalue weighted by atomic mass is 10.2. The van der Waals surface area contributed by atoms with Gasteiger partial charge in [0.15, 0.2) is 6.10 Å². The first-order valence-corrected chi connectivity index (χ1v) is 11.2. The summed E-state index contributed by atoms with van der Waals surface area (Å²) < 4.78 is 32.8. The molecule has 0 radical (unpaired) electrons. The average molecular weight is 483 g/mol. The SMILES string of the molecule is CC(C)NS(=O)(=O)c1ccc(Br)c(C(=O)O[C@H](C)C(=O)N(C)c2ccccc2)c1. The largest absolute Gasteiger partial charge is 0.449 e. The van der Waals surface area contributed by atoms with E-state index in [-0.39, 0.29) is 16.5 Å². The van der Waals surface area contributed by atoms with Gasteiger partial charge in [0.1, 0.15) is 0 Å². The molecule has 0 saturated carbocycles. The fraction of sp³-hybridized carbons (Fsp3) is 0.300. The smallest absolute Gasteiger partial charge is 0.340 e. The molecule has 2 aromatic carbocycles. The third-order valence-electron chi connectivity index (χ3n) is 3.96. The number of hydrogen-bond acceptors (Lipinski definition) is 5. The van der Waals surface area contributed by atoms with Gasteiger partial charge in [-0.05, 0) is 67.0 Å². The van der Waals surface area contributed by atoms with Crippen LogP contribution in [0.4, 0.5) is 5.69 Å². The van der Waals surface area contributed by atoms with Crippen LogP contribution in [0.2, 0.25) is 0 Å². The van der Waals surface area contributed by atoms with Crippen molar-refractivity contribution < 1.29 is 22.7 Å². The Balaban J connectivity index is 2.20. The van der Waals surface area contributed by atoms with E-state index in [2.05, 4.69) is 20.7 Å². The van der Waals surface area contributed by atoms with E-state index in [0.29, 0.717) is 10.2 Å². The molecule has 0 spiro atoms. The monoisotopic (exact) mass is 482 g/mol. The van der Waals surface area contributed by atoms with E-state index >= 15 is 0 Å². The molecule has 0 aromatic heterocycles. The minimum atomic E-state index is -3.78. The van der Waals surface area contributed by atoms with Crippen molar-refractivity contribution in [3.05, 3.63) is 58.6 Å². The van der Waals surface area contributed by atoms with Gasteiger partial charge in [-0.25, -0.2) is 17.9 Å². The lowest BCUT2D eigenvalue weighted by Crippen LogP contribution is -2.37. The number of esters is 1. The minimum absolute atomic E-state index is 0.0126. The normalized spacial score (nSPS) is 12.5. The topological polar surface area (TPSA) is 92.8 Å². The van der Waals surface area contributed by atoms with Crippen LogP contribution in [0, 0.1) is 0 Å². The van der Waals surface area contributed by atoms with Crippen LogP contribution >= 0.6 is 15.9 Å². The number of carbonyl (C=O) groups is 2. The van der Waals surface area contributed by atoms with Gasteiger partial charge < -0.3 is 9.64 Å². The van der Waals surface area contributed by atoms with Crippen LogP contribution in [0.15, 0.2) is 57.9 Å². The number of hydrogen-bond donors (Lipinski definition) is 1. The highest BCUT2D eigenvalue weighted by Crippen LogP contribution is 2.23. The van der Waals surface area contributed by atoms with Gasteiger partial charge in [0.2, 0.25) is 10.0 Å². The van der Waals surface area contributed by atoms with Crippen LogP contribution < -0.4 is 9.62 Å². The molecule has 1 N–H and O–H groups in total. The number of ether oxygens (including phenoxy) is 1. The number of halogens is 1. The van der Waals surface area contributed by atoms with Gasteiger partial charge >= 0.3 is 5.97 Å². The number of likely N-dealkylation sites (N-methyl/N-ethyl adjacent to an activating group) is 1. The van der Waals surface area contributed by atoms with Crippen LogP contribution in [-0.4, -0.2) is 39.5 Å². The molecule has 0 aliphatic carbocycles. The summed E-state index contributed by atoms with van der Waals surface area (Å²) in [6.45, 7) is 4.86. The van der Waals surface area contributed by atoms with E-state index in [1.165, 1.54) is 30.0 Å². The Bertz CT molecular complexity index is 993. The third-order valence-corrected chi connectivity index (χ3v) is 6.31. The Morgan fingerprint density at radius 1 is 1.07 bits per heavy atom. The summed E-state index contributed by atoms with van der Waals surface area (Å²) >= 11 is 3.23. The molecule has 0 heterocycles. The summed E-state index contributed by atoms with van der Waals surface area (Å²) in [5.74, 6) is -1.22. The number of carbonyl (C=O) groups excluding carboxylic acids is 2. The number of benzene rings is 2. The number of para-hydroxylation sites is 1. The predicted molar refractivity (Wildman–Crippen MR) is 114 cm³/mol. The van der Waals surface area contributed by atoms with Crippen molar-refractivity contribution in [1.82, 2.24) is 4.72 Å². The summed E-state index contributed by atoms with van der Waals surface area (Å²) in [4.78, 5) is 26.5. The second-order valence-corrected chi connectivity index (χ2v) is 9.27. The lowest BCUT2D eigenvalue weighted by Gasteiger charge is -2.21. The van der Waals surface area contributed by atoms with Crippen LogP contribution in [-0.2, 0) is 19.6 Å². The standard InChI is InChI=1S/C20H23BrN2O5S/c1-13(2)22-29(26,27)16-10-11-18(21)17(12-16)20(25)28-14(3)19(24)23(4)15-8-6-5-7-9-15/h5-14,22H,1-4H3/t14-/m1/s1. The Labute approximate surface area is 179 Å². The van der Waals surface area contributed by atoms with E-state index < -0.39 is 28.0 Å². The molecule has 2 rings (SSSR count). The van der Waals surface area contributed by atoms with Crippen molar-refractivity contribution in [2.75, 3.05) is 11.9 Å². The van der Waals surface area contributed by atoms with Gasteiger partial charge in [-0.3, -0.25) is 4.79 Å². The lowest BCUT2D eigenvalue weighted by molar-refractivity contribution is -0.126. The maximum atomic E-state index is 12.6. The van der Waals surface area contributed by atoms with Crippen molar-refractivity contribution in [2.45, 2.75) is 37.8 Å². The second-order valence-electron chi connectivity index (χ2n) is 6.70. The molecule has 0 saturated heterocycles. The van der Waals surface area contributed by atoms with E-state index in [1.54, 1.807) is 45.2 Å². The first-order valence-electron chi connectivity index (χ1n) is 8.88. The van der Waals surface area contributed by atoms with Gasteiger partial charge in [-0.1, -0.05) is 18.2 Å². The molecule has 0 aliphatic rings. The van der Waals surface area contributed by atoms with Crippen LogP contribution in [0.3, 0.4) is 0 Å². The Kier molecular flexibility index (Phi) is 7.56. The van der Waals surface area contributed by atoms with Crippen molar-refractivity contribution in [3.8, 4) is 0 Å². The maximum absolute atomic E-state index is 12.6. The highest BCUT2D eigenvalue weighted by atomic mass is 79.9. The molecule has 156 valence electrons. The van der Waals surface area contributed by atoms with E-state index in [1.807, 2.05) is 6.07 Å². The molecule has 9 heteroatoms. The molecule has 0 bridgehead atoms. The van der Waals surface area contributed by atoms with Gasteiger partial charge in [0, 0.05) is 23.2 Å². The first-order chi connectivity index (χ1) is 13.5. The van der Waals surface area contributed by atoms with Crippen LogP contribution in [0.5, 0.6) is 0 Å². The average Bonchev–Trinajstić information content (AvgIpc) is 2.66. The summed E-state index contributed by atoms with van der Waals surface area (Å²) in [6, 6.07) is 12.7. The number of nitrogens with one attached hydrogen (secondary N) is 1. The molecular weight excluding hydrogens is 460 g/mol. The summed E-state index contributed by atoms with van der Waals surface area (Å²) in [6.07, 6.45) is -1.06. The number of sulfonamides is 1. The highest BCUT2D eigenvalue weighted by molar-refractivity contribution is 9.10. The van der Waals surface area contributed by atoms with Crippen molar-refractivity contribution >= 4 is 43.5 Å². The fourth-order valence-electron chi connectivity index (χ4n) is 2.53. The van der Waals surface area contributed by atoms with Gasteiger partial charge in [-0.15, -0.1) is 0 Å². The van der Waals surface area contributed by atoms with Crippen molar-refractivity contribution in [2.24, 2.45) is 0 Å². The fourth-order valence-corrected chi connectivity index (χ4v) is 4.22.